The van der Waals surface area contributed by atoms with E-state index in [0.29, 0.717) is 11.7 Å². The van der Waals surface area contributed by atoms with Gasteiger partial charge in [-0.2, -0.15) is 0 Å². The van der Waals surface area contributed by atoms with Crippen LogP contribution in [0, 0.1) is 5.92 Å². The van der Waals surface area contributed by atoms with Crippen molar-refractivity contribution in [3.05, 3.63) is 0 Å². The molecule has 2 nitrogen and oxygen atoms in total. The maximum Gasteiger partial charge on any atom is 0.150 e. The molecule has 0 aliphatic heterocycles. The Morgan fingerprint density at radius 1 is 1.33 bits per heavy atom. The number of halogens is 1. The van der Waals surface area contributed by atoms with Crippen molar-refractivity contribution in [2.75, 3.05) is 11.5 Å². The molecule has 0 bridgehead atoms. The molecule has 0 heterocycles. The van der Waals surface area contributed by atoms with E-state index in [1.807, 2.05) is 0 Å². The van der Waals surface area contributed by atoms with Gasteiger partial charge in [-0.15, -0.1) is 11.6 Å². The van der Waals surface area contributed by atoms with E-state index in [9.17, 15) is 8.42 Å². The predicted molar refractivity (Wildman–Crippen MR) is 65.2 cm³/mol. The van der Waals surface area contributed by atoms with Crippen LogP contribution in [0.1, 0.15) is 45.4 Å². The average molecular weight is 253 g/mol. The first-order valence-corrected chi connectivity index (χ1v) is 8.15. The molecular weight excluding hydrogens is 232 g/mol. The van der Waals surface area contributed by atoms with E-state index in [2.05, 4.69) is 0 Å². The largest absolute Gasteiger partial charge is 0.229 e. The molecule has 15 heavy (non-hydrogen) atoms. The molecule has 0 aromatic carbocycles. The summed E-state index contributed by atoms with van der Waals surface area (Å²) in [5.41, 5.74) is 0. The van der Waals surface area contributed by atoms with E-state index in [1.54, 1.807) is 6.92 Å². The quantitative estimate of drug-likeness (QED) is 0.681. The number of rotatable bonds is 6. The summed E-state index contributed by atoms with van der Waals surface area (Å²) in [6.45, 7) is 1.70. The van der Waals surface area contributed by atoms with Gasteiger partial charge in [-0.3, -0.25) is 0 Å². The van der Waals surface area contributed by atoms with Gasteiger partial charge in [0.2, 0.25) is 0 Å². The highest BCUT2D eigenvalue weighted by Gasteiger charge is 2.23. The number of hydrogen-bond acceptors (Lipinski definition) is 2. The smallest absolute Gasteiger partial charge is 0.150 e. The van der Waals surface area contributed by atoms with Crippen LogP contribution in [0.3, 0.4) is 0 Å². The fourth-order valence-corrected chi connectivity index (χ4v) is 3.50. The molecule has 1 aliphatic rings. The highest BCUT2D eigenvalue weighted by atomic mass is 35.5. The van der Waals surface area contributed by atoms with Crippen LogP contribution in [-0.2, 0) is 9.84 Å². The molecule has 1 unspecified atom stereocenters. The Kier molecular flexibility index (Phi) is 5.41. The Bertz CT molecular complexity index is 268. The minimum absolute atomic E-state index is 0.194. The normalized spacial score (nSPS) is 20.7. The summed E-state index contributed by atoms with van der Waals surface area (Å²) in [7, 11) is -2.80. The van der Waals surface area contributed by atoms with E-state index in [0.717, 1.165) is 12.8 Å². The zero-order valence-corrected chi connectivity index (χ0v) is 11.0. The standard InChI is InChI=1S/C11H21ClO2S/c1-2-15(13,14)9-5-8-11(12)10-6-3-4-7-10/h10-11H,2-9H2,1H3. The second kappa shape index (κ2) is 6.09. The van der Waals surface area contributed by atoms with Gasteiger partial charge in [0.15, 0.2) is 0 Å². The molecule has 4 heteroatoms. The summed E-state index contributed by atoms with van der Waals surface area (Å²) in [5, 5.41) is 0.194. The van der Waals surface area contributed by atoms with Crippen LogP contribution >= 0.6 is 11.6 Å². The first-order chi connectivity index (χ1) is 7.05. The third kappa shape index (κ3) is 4.73. The summed E-state index contributed by atoms with van der Waals surface area (Å²) in [4.78, 5) is 0. The van der Waals surface area contributed by atoms with Crippen LogP contribution in [0.5, 0.6) is 0 Å². The second-order valence-electron chi connectivity index (χ2n) is 4.44. The molecule has 0 saturated heterocycles. The van der Waals surface area contributed by atoms with Crippen LogP contribution in [-0.4, -0.2) is 25.3 Å². The van der Waals surface area contributed by atoms with Crippen molar-refractivity contribution in [2.45, 2.75) is 50.8 Å². The van der Waals surface area contributed by atoms with Gasteiger partial charge in [-0.1, -0.05) is 19.8 Å². The first-order valence-electron chi connectivity index (χ1n) is 5.89. The molecule has 1 saturated carbocycles. The average Bonchev–Trinajstić information content (AvgIpc) is 2.70. The molecular formula is C11H21ClO2S. The lowest BCUT2D eigenvalue weighted by Crippen LogP contribution is -2.14. The minimum Gasteiger partial charge on any atom is -0.229 e. The molecule has 1 atom stereocenters. The minimum atomic E-state index is -2.80. The van der Waals surface area contributed by atoms with Crippen LogP contribution in [0.4, 0.5) is 0 Å². The molecule has 1 rings (SSSR count). The first kappa shape index (κ1) is 13.3. The zero-order chi connectivity index (χ0) is 11.3. The molecule has 90 valence electrons. The molecule has 0 aromatic heterocycles. The molecule has 0 spiro atoms. The van der Waals surface area contributed by atoms with Crippen molar-refractivity contribution in [2.24, 2.45) is 5.92 Å². The topological polar surface area (TPSA) is 34.1 Å². The van der Waals surface area contributed by atoms with Crippen LogP contribution in [0.25, 0.3) is 0 Å². The maximum atomic E-state index is 11.3. The monoisotopic (exact) mass is 252 g/mol. The van der Waals surface area contributed by atoms with Crippen molar-refractivity contribution in [1.29, 1.82) is 0 Å². The van der Waals surface area contributed by atoms with Gasteiger partial charge in [0.1, 0.15) is 9.84 Å². The zero-order valence-electron chi connectivity index (χ0n) is 9.41. The number of hydrogen-bond donors (Lipinski definition) is 0. The fraction of sp³-hybridized carbons (Fsp3) is 1.00. The Morgan fingerprint density at radius 2 is 1.93 bits per heavy atom. The summed E-state index contributed by atoms with van der Waals surface area (Å²) < 4.78 is 22.5. The Balaban J connectivity index is 2.19. The highest BCUT2D eigenvalue weighted by molar-refractivity contribution is 7.91. The van der Waals surface area contributed by atoms with Gasteiger partial charge in [-0.25, -0.2) is 8.42 Å². The van der Waals surface area contributed by atoms with E-state index >= 15 is 0 Å². The maximum absolute atomic E-state index is 11.3. The molecule has 0 radical (unpaired) electrons. The van der Waals surface area contributed by atoms with Crippen LogP contribution < -0.4 is 0 Å². The van der Waals surface area contributed by atoms with Gasteiger partial charge in [0.25, 0.3) is 0 Å². The van der Waals surface area contributed by atoms with E-state index in [-0.39, 0.29) is 11.1 Å². The van der Waals surface area contributed by atoms with E-state index < -0.39 is 9.84 Å². The SMILES string of the molecule is CCS(=O)(=O)CCCC(Cl)C1CCCC1. The molecule has 1 fully saturated rings. The van der Waals surface area contributed by atoms with Gasteiger partial charge in [-0.05, 0) is 31.6 Å². The summed E-state index contributed by atoms with van der Waals surface area (Å²) in [6, 6.07) is 0. The van der Waals surface area contributed by atoms with Gasteiger partial charge in [0, 0.05) is 11.1 Å². The summed E-state index contributed by atoms with van der Waals surface area (Å²) in [5.74, 6) is 1.19. The second-order valence-corrected chi connectivity index (χ2v) is 7.47. The molecule has 0 amide bonds. The van der Waals surface area contributed by atoms with Gasteiger partial charge in [0.05, 0.1) is 5.75 Å². The molecule has 0 aromatic rings. The van der Waals surface area contributed by atoms with Crippen molar-refractivity contribution in [3.63, 3.8) is 0 Å². The Labute approximate surface area is 98.3 Å². The summed E-state index contributed by atoms with van der Waals surface area (Å²) >= 11 is 6.26. The van der Waals surface area contributed by atoms with E-state index in [1.165, 1.54) is 25.7 Å². The van der Waals surface area contributed by atoms with Gasteiger partial charge < -0.3 is 0 Å². The lowest BCUT2D eigenvalue weighted by atomic mass is 10.0. The molecule has 1 aliphatic carbocycles. The lowest BCUT2D eigenvalue weighted by Gasteiger charge is -2.16. The van der Waals surface area contributed by atoms with Gasteiger partial charge >= 0.3 is 0 Å². The van der Waals surface area contributed by atoms with Crippen molar-refractivity contribution in [3.8, 4) is 0 Å². The van der Waals surface area contributed by atoms with Crippen molar-refractivity contribution < 1.29 is 8.42 Å². The van der Waals surface area contributed by atoms with E-state index in [4.69, 9.17) is 11.6 Å². The number of alkyl halides is 1. The Hall–Kier alpha value is 0.240. The van der Waals surface area contributed by atoms with Crippen molar-refractivity contribution >= 4 is 21.4 Å². The lowest BCUT2D eigenvalue weighted by molar-refractivity contribution is 0.487. The third-order valence-electron chi connectivity index (χ3n) is 3.29. The highest BCUT2D eigenvalue weighted by Crippen LogP contribution is 2.32. The summed E-state index contributed by atoms with van der Waals surface area (Å²) in [6.07, 6.45) is 6.62. The number of sulfone groups is 1. The van der Waals surface area contributed by atoms with Crippen LogP contribution in [0.2, 0.25) is 0 Å². The van der Waals surface area contributed by atoms with Crippen LogP contribution in [0.15, 0.2) is 0 Å². The fourth-order valence-electron chi connectivity index (χ4n) is 2.20. The third-order valence-corrected chi connectivity index (χ3v) is 5.65. The Morgan fingerprint density at radius 3 is 2.47 bits per heavy atom. The molecule has 0 N–H and O–H groups in total. The van der Waals surface area contributed by atoms with Crippen molar-refractivity contribution in [1.82, 2.24) is 0 Å². The predicted octanol–water partition coefficient (Wildman–Crippen LogP) is 3.00.